The van der Waals surface area contributed by atoms with Crippen molar-refractivity contribution in [3.8, 4) is 0 Å². The summed E-state index contributed by atoms with van der Waals surface area (Å²) in [6.45, 7) is 2.25. The summed E-state index contributed by atoms with van der Waals surface area (Å²) in [5, 5.41) is 0. The van der Waals surface area contributed by atoms with Crippen LogP contribution in [0.3, 0.4) is 0 Å². The van der Waals surface area contributed by atoms with Crippen LogP contribution in [-0.2, 0) is 0 Å². The van der Waals surface area contributed by atoms with Crippen LogP contribution >= 0.6 is 12.6 Å². The first-order valence-corrected chi connectivity index (χ1v) is 4.66. The SMILES string of the molecule is CCCCCCCCS.[Na]. The molecule has 0 unspecified atom stereocenters. The van der Waals surface area contributed by atoms with Crippen molar-refractivity contribution in [2.75, 3.05) is 5.75 Å². The Labute approximate surface area is 92.9 Å². The van der Waals surface area contributed by atoms with Gasteiger partial charge in [0.1, 0.15) is 0 Å². The van der Waals surface area contributed by atoms with E-state index in [0.29, 0.717) is 0 Å². The first kappa shape index (κ1) is 13.9. The summed E-state index contributed by atoms with van der Waals surface area (Å²) in [6, 6.07) is 0. The third kappa shape index (κ3) is 12.1. The van der Waals surface area contributed by atoms with Crippen molar-refractivity contribution >= 4 is 42.2 Å². The predicted octanol–water partition coefficient (Wildman–Crippen LogP) is 2.90. The molecule has 0 aliphatic heterocycles. The molecule has 0 saturated carbocycles. The van der Waals surface area contributed by atoms with Gasteiger partial charge in [0.15, 0.2) is 0 Å². The van der Waals surface area contributed by atoms with Crippen molar-refractivity contribution < 1.29 is 0 Å². The Morgan fingerprint density at radius 3 is 1.90 bits per heavy atom. The van der Waals surface area contributed by atoms with E-state index in [1.54, 1.807) is 0 Å². The molecule has 0 atom stereocenters. The third-order valence-electron chi connectivity index (χ3n) is 1.51. The smallest absolute Gasteiger partial charge is 0 e. The Kier molecular flexibility index (Phi) is 18.0. The molecular weight excluding hydrogens is 151 g/mol. The average Bonchev–Trinajstić information content (AvgIpc) is 1.89. The minimum absolute atomic E-state index is 0. The van der Waals surface area contributed by atoms with Crippen molar-refractivity contribution in [2.45, 2.75) is 45.4 Å². The first-order chi connectivity index (χ1) is 4.41. The van der Waals surface area contributed by atoms with E-state index in [1.165, 1.54) is 38.5 Å². The molecule has 0 aliphatic rings. The molecule has 0 N–H and O–H groups in total. The second kappa shape index (κ2) is 13.0. The van der Waals surface area contributed by atoms with Gasteiger partial charge in [-0.2, -0.15) is 12.6 Å². The van der Waals surface area contributed by atoms with Crippen LogP contribution in [0.15, 0.2) is 0 Å². The third-order valence-corrected chi connectivity index (χ3v) is 1.83. The quantitative estimate of drug-likeness (QED) is 0.353. The van der Waals surface area contributed by atoms with E-state index >= 15 is 0 Å². The molecule has 0 fully saturated rings. The Hall–Kier alpha value is 1.35. The van der Waals surface area contributed by atoms with E-state index in [9.17, 15) is 0 Å². The summed E-state index contributed by atoms with van der Waals surface area (Å²) in [5.74, 6) is 1.06. The van der Waals surface area contributed by atoms with Crippen LogP contribution < -0.4 is 0 Å². The van der Waals surface area contributed by atoms with Gasteiger partial charge in [-0.25, -0.2) is 0 Å². The summed E-state index contributed by atoms with van der Waals surface area (Å²) in [4.78, 5) is 0. The molecular formula is C8H18NaS. The van der Waals surface area contributed by atoms with Gasteiger partial charge in [0, 0.05) is 29.6 Å². The van der Waals surface area contributed by atoms with E-state index in [4.69, 9.17) is 0 Å². The van der Waals surface area contributed by atoms with Gasteiger partial charge < -0.3 is 0 Å². The maximum Gasteiger partial charge on any atom is 0 e. The number of rotatable bonds is 6. The van der Waals surface area contributed by atoms with Crippen LogP contribution in [0.5, 0.6) is 0 Å². The van der Waals surface area contributed by atoms with Crippen LogP contribution in [-0.4, -0.2) is 35.3 Å². The van der Waals surface area contributed by atoms with Gasteiger partial charge in [0.2, 0.25) is 0 Å². The molecule has 0 nitrogen and oxygen atoms in total. The number of thiol groups is 1. The van der Waals surface area contributed by atoms with Crippen molar-refractivity contribution in [3.63, 3.8) is 0 Å². The molecule has 57 valence electrons. The van der Waals surface area contributed by atoms with Crippen molar-refractivity contribution in [2.24, 2.45) is 0 Å². The largest absolute Gasteiger partial charge is 0.179 e. The molecule has 0 bridgehead atoms. The van der Waals surface area contributed by atoms with E-state index < -0.39 is 0 Å². The fraction of sp³-hybridized carbons (Fsp3) is 1.00. The maximum atomic E-state index is 4.15. The van der Waals surface area contributed by atoms with Crippen LogP contribution in [0, 0.1) is 0 Å². The predicted molar refractivity (Wildman–Crippen MR) is 53.0 cm³/mol. The molecule has 0 saturated heterocycles. The zero-order valence-electron chi connectivity index (χ0n) is 7.40. The molecule has 0 heterocycles. The van der Waals surface area contributed by atoms with Gasteiger partial charge in [0.05, 0.1) is 0 Å². The molecule has 1 radical (unpaired) electrons. The van der Waals surface area contributed by atoms with Gasteiger partial charge in [0.25, 0.3) is 0 Å². The average molecular weight is 169 g/mol. The zero-order valence-corrected chi connectivity index (χ0v) is 10.3. The topological polar surface area (TPSA) is 0 Å². The minimum Gasteiger partial charge on any atom is -0.179 e. The molecule has 0 aromatic heterocycles. The van der Waals surface area contributed by atoms with Crippen molar-refractivity contribution in [1.29, 1.82) is 0 Å². The Morgan fingerprint density at radius 1 is 0.900 bits per heavy atom. The second-order valence-electron chi connectivity index (χ2n) is 2.49. The van der Waals surface area contributed by atoms with Crippen LogP contribution in [0.1, 0.15) is 45.4 Å². The number of hydrogen-bond donors (Lipinski definition) is 1. The molecule has 0 rings (SSSR count). The molecule has 2 heteroatoms. The summed E-state index contributed by atoms with van der Waals surface area (Å²) in [5.41, 5.74) is 0. The van der Waals surface area contributed by atoms with Gasteiger partial charge >= 0.3 is 0 Å². The normalized spacial score (nSPS) is 9.00. The standard InChI is InChI=1S/C8H18S.Na/c1-2-3-4-5-6-7-8-9;/h9H,2-8H2,1H3;. The van der Waals surface area contributed by atoms with E-state index in [-0.39, 0.29) is 29.6 Å². The van der Waals surface area contributed by atoms with E-state index in [2.05, 4.69) is 19.6 Å². The van der Waals surface area contributed by atoms with E-state index in [0.717, 1.165) is 5.75 Å². The van der Waals surface area contributed by atoms with Gasteiger partial charge in [-0.3, -0.25) is 0 Å². The molecule has 0 spiro atoms. The fourth-order valence-electron chi connectivity index (χ4n) is 0.892. The minimum atomic E-state index is 0. The summed E-state index contributed by atoms with van der Waals surface area (Å²) >= 11 is 4.15. The molecule has 0 amide bonds. The number of unbranched alkanes of at least 4 members (excludes halogenated alkanes) is 5. The van der Waals surface area contributed by atoms with Crippen LogP contribution in [0.25, 0.3) is 0 Å². The van der Waals surface area contributed by atoms with E-state index in [1.807, 2.05) is 0 Å². The van der Waals surface area contributed by atoms with Gasteiger partial charge in [-0.05, 0) is 12.2 Å². The molecule has 0 aromatic rings. The van der Waals surface area contributed by atoms with Crippen molar-refractivity contribution in [1.82, 2.24) is 0 Å². The Bertz CT molecular complexity index is 42.5. The summed E-state index contributed by atoms with van der Waals surface area (Å²) in [6.07, 6.45) is 8.27. The molecule has 0 aromatic carbocycles. The van der Waals surface area contributed by atoms with Gasteiger partial charge in [-0.1, -0.05) is 39.0 Å². The monoisotopic (exact) mass is 169 g/mol. The second-order valence-corrected chi connectivity index (χ2v) is 2.94. The fourth-order valence-corrected chi connectivity index (χ4v) is 1.12. The summed E-state index contributed by atoms with van der Waals surface area (Å²) < 4.78 is 0. The first-order valence-electron chi connectivity index (χ1n) is 4.02. The van der Waals surface area contributed by atoms with Crippen molar-refractivity contribution in [3.05, 3.63) is 0 Å². The van der Waals surface area contributed by atoms with Crippen LogP contribution in [0.2, 0.25) is 0 Å². The Balaban J connectivity index is 0. The number of hydrogen-bond acceptors (Lipinski definition) is 1. The maximum absolute atomic E-state index is 4.15. The Morgan fingerprint density at radius 2 is 1.40 bits per heavy atom. The van der Waals surface area contributed by atoms with Gasteiger partial charge in [-0.15, -0.1) is 0 Å². The zero-order chi connectivity index (χ0) is 6.95. The molecule has 0 aliphatic carbocycles. The molecule has 10 heavy (non-hydrogen) atoms. The summed E-state index contributed by atoms with van der Waals surface area (Å²) in [7, 11) is 0. The van der Waals surface area contributed by atoms with Crippen LogP contribution in [0.4, 0.5) is 0 Å².